The fraction of sp³-hybridized carbons (Fsp3) is 0.0566. The van der Waals surface area contributed by atoms with Gasteiger partial charge in [0, 0.05) is 44.2 Å². The average Bonchev–Trinajstić information content (AvgIpc) is 3.73. The minimum atomic E-state index is -0.128. The van der Waals surface area contributed by atoms with Crippen LogP contribution in [0.2, 0.25) is 0 Å². The van der Waals surface area contributed by atoms with Gasteiger partial charge in [-0.3, -0.25) is 0 Å². The summed E-state index contributed by atoms with van der Waals surface area (Å²) in [6.45, 7) is 4.67. The number of hydrogen-bond donors (Lipinski definition) is 1. The maximum absolute atomic E-state index is 11.0. The molecule has 0 aliphatic heterocycles. The number of aromatic hydroxyl groups is 1. The molecule has 0 fully saturated rings. The predicted molar refractivity (Wildman–Crippen MR) is 234 cm³/mol. The van der Waals surface area contributed by atoms with Crippen LogP contribution < -0.4 is 4.90 Å². The van der Waals surface area contributed by atoms with Crippen molar-refractivity contribution in [3.8, 4) is 39.1 Å². The third-order valence-electron chi connectivity index (χ3n) is 12.0. The van der Waals surface area contributed by atoms with Crippen molar-refractivity contribution in [2.45, 2.75) is 19.3 Å². The number of para-hydroxylation sites is 2. The molecule has 0 saturated carbocycles. The fourth-order valence-corrected chi connectivity index (χ4v) is 9.19. The van der Waals surface area contributed by atoms with E-state index in [1.165, 1.54) is 22.3 Å². The van der Waals surface area contributed by atoms with Gasteiger partial charge in [-0.25, -0.2) is 0 Å². The molecular weight excluding hydrogens is 683 g/mol. The van der Waals surface area contributed by atoms with Crippen molar-refractivity contribution >= 4 is 60.5 Å². The van der Waals surface area contributed by atoms with Crippen LogP contribution in [0.4, 0.5) is 17.1 Å². The van der Waals surface area contributed by atoms with Gasteiger partial charge in [-0.2, -0.15) is 0 Å². The molecule has 3 heteroatoms. The van der Waals surface area contributed by atoms with Crippen LogP contribution in [0.5, 0.6) is 5.75 Å². The van der Waals surface area contributed by atoms with Crippen molar-refractivity contribution in [2.24, 2.45) is 0 Å². The molecule has 10 aromatic rings. The van der Waals surface area contributed by atoms with Crippen LogP contribution in [0, 0.1) is 0 Å². The van der Waals surface area contributed by atoms with Crippen LogP contribution in [0.25, 0.3) is 76.9 Å². The van der Waals surface area contributed by atoms with E-state index < -0.39 is 0 Å². The van der Waals surface area contributed by atoms with E-state index in [-0.39, 0.29) is 5.41 Å². The van der Waals surface area contributed by atoms with Gasteiger partial charge in [-0.1, -0.05) is 147 Å². The monoisotopic (exact) mass is 719 g/mol. The van der Waals surface area contributed by atoms with Crippen LogP contribution in [0.1, 0.15) is 25.0 Å². The summed E-state index contributed by atoms with van der Waals surface area (Å²) in [5.74, 6) is 0.296. The topological polar surface area (TPSA) is 36.6 Å². The van der Waals surface area contributed by atoms with E-state index in [1.54, 1.807) is 0 Å². The second kappa shape index (κ2) is 12.2. The van der Waals surface area contributed by atoms with E-state index in [0.29, 0.717) is 5.75 Å². The van der Waals surface area contributed by atoms with Crippen LogP contribution >= 0.6 is 0 Å². The van der Waals surface area contributed by atoms with E-state index in [0.717, 1.165) is 82.8 Å². The summed E-state index contributed by atoms with van der Waals surface area (Å²) in [7, 11) is 0. The van der Waals surface area contributed by atoms with Crippen LogP contribution in [-0.4, -0.2) is 5.11 Å². The molecule has 56 heavy (non-hydrogen) atoms. The zero-order chi connectivity index (χ0) is 37.5. The number of nitrogens with zero attached hydrogens (tertiary/aromatic N) is 1. The standard InChI is InChI=1S/C53H37NO2/c1-53(2)47-16-7-5-12-42(47)43-29-27-38(32-48(43)53)54(37-25-20-35(21-26-37)41-14-9-15-46-44-13-6-8-17-50(44)56-52(41)46)36-23-18-34(19-24-36)39-30-31-49(55)51-40-11-4-3-10-33(40)22-28-45(39)51/h3-32,55H,1-2H3. The molecule has 1 N–H and O–H groups in total. The highest BCUT2D eigenvalue weighted by atomic mass is 16.3. The van der Waals surface area contributed by atoms with E-state index in [1.807, 2.05) is 36.4 Å². The lowest BCUT2D eigenvalue weighted by molar-refractivity contribution is 0.482. The molecule has 0 saturated heterocycles. The smallest absolute Gasteiger partial charge is 0.143 e. The Kier molecular flexibility index (Phi) is 7.05. The molecule has 9 aromatic carbocycles. The molecule has 0 unspecified atom stereocenters. The minimum absolute atomic E-state index is 0.128. The highest BCUT2D eigenvalue weighted by Crippen LogP contribution is 2.51. The van der Waals surface area contributed by atoms with Crippen molar-refractivity contribution in [1.82, 2.24) is 0 Å². The Labute approximate surface area is 325 Å². The van der Waals surface area contributed by atoms with E-state index in [2.05, 4.69) is 164 Å². The van der Waals surface area contributed by atoms with Crippen molar-refractivity contribution in [3.63, 3.8) is 0 Å². The maximum atomic E-state index is 11.0. The number of furan rings is 1. The molecule has 1 aliphatic rings. The second-order valence-electron chi connectivity index (χ2n) is 15.5. The summed E-state index contributed by atoms with van der Waals surface area (Å²) in [5, 5.41) is 17.4. The van der Waals surface area contributed by atoms with Gasteiger partial charge in [0.05, 0.1) is 0 Å². The third kappa shape index (κ3) is 4.84. The predicted octanol–water partition coefficient (Wildman–Crippen LogP) is 14.7. The van der Waals surface area contributed by atoms with Gasteiger partial charge in [-0.05, 0) is 104 Å². The number of anilines is 3. The van der Waals surface area contributed by atoms with Crippen molar-refractivity contribution in [1.29, 1.82) is 0 Å². The van der Waals surface area contributed by atoms with Crippen molar-refractivity contribution in [3.05, 3.63) is 193 Å². The fourth-order valence-electron chi connectivity index (χ4n) is 9.19. The molecule has 266 valence electrons. The first-order valence-corrected chi connectivity index (χ1v) is 19.2. The quantitative estimate of drug-likeness (QED) is 0.180. The van der Waals surface area contributed by atoms with Crippen molar-refractivity contribution in [2.75, 3.05) is 4.90 Å². The highest BCUT2D eigenvalue weighted by Gasteiger charge is 2.35. The Balaban J connectivity index is 1.04. The van der Waals surface area contributed by atoms with Crippen molar-refractivity contribution < 1.29 is 9.52 Å². The lowest BCUT2D eigenvalue weighted by atomic mass is 9.82. The number of fused-ring (bicyclic) bond motifs is 9. The van der Waals surface area contributed by atoms with Gasteiger partial charge >= 0.3 is 0 Å². The summed E-state index contributed by atoms with van der Waals surface area (Å²) in [6, 6.07) is 64.4. The van der Waals surface area contributed by atoms with E-state index >= 15 is 0 Å². The molecule has 0 spiro atoms. The normalized spacial score (nSPS) is 13.0. The third-order valence-corrected chi connectivity index (χ3v) is 12.0. The highest BCUT2D eigenvalue weighted by molar-refractivity contribution is 6.15. The van der Waals surface area contributed by atoms with E-state index in [4.69, 9.17) is 4.42 Å². The van der Waals surface area contributed by atoms with Crippen LogP contribution in [-0.2, 0) is 5.41 Å². The zero-order valence-electron chi connectivity index (χ0n) is 31.1. The summed E-state index contributed by atoms with van der Waals surface area (Å²) in [6.07, 6.45) is 0. The first-order chi connectivity index (χ1) is 27.4. The Hall–Kier alpha value is -7.10. The van der Waals surface area contributed by atoms with Crippen LogP contribution in [0.3, 0.4) is 0 Å². The zero-order valence-corrected chi connectivity index (χ0v) is 31.1. The summed E-state index contributed by atoms with van der Waals surface area (Å²) >= 11 is 0. The molecule has 1 aliphatic carbocycles. The lowest BCUT2D eigenvalue weighted by Gasteiger charge is -2.28. The minimum Gasteiger partial charge on any atom is -0.507 e. The Bertz CT molecular complexity index is 3170. The van der Waals surface area contributed by atoms with Gasteiger partial charge in [0.1, 0.15) is 16.9 Å². The second-order valence-corrected chi connectivity index (χ2v) is 15.5. The Morgan fingerprint density at radius 2 is 1.05 bits per heavy atom. The van der Waals surface area contributed by atoms with Gasteiger partial charge < -0.3 is 14.4 Å². The molecular formula is C53H37NO2. The Morgan fingerprint density at radius 1 is 0.446 bits per heavy atom. The molecule has 0 atom stereocenters. The van der Waals surface area contributed by atoms with Gasteiger partial charge in [0.2, 0.25) is 0 Å². The number of phenols is 1. The molecule has 3 nitrogen and oxygen atoms in total. The lowest BCUT2D eigenvalue weighted by Crippen LogP contribution is -2.16. The van der Waals surface area contributed by atoms with Crippen LogP contribution in [0.15, 0.2) is 186 Å². The largest absolute Gasteiger partial charge is 0.507 e. The van der Waals surface area contributed by atoms with Gasteiger partial charge in [0.25, 0.3) is 0 Å². The van der Waals surface area contributed by atoms with Gasteiger partial charge in [0.15, 0.2) is 0 Å². The number of hydrogen-bond acceptors (Lipinski definition) is 3. The SMILES string of the molecule is CC1(C)c2ccccc2-c2ccc(N(c3ccc(-c4ccc(O)c5c4ccc4ccccc45)cc3)c3ccc(-c4cccc5c4oc4ccccc45)cc3)cc21. The van der Waals surface area contributed by atoms with E-state index in [9.17, 15) is 5.11 Å². The number of phenolic OH excluding ortho intramolecular Hbond substituents is 1. The first-order valence-electron chi connectivity index (χ1n) is 19.2. The number of benzene rings is 9. The first kappa shape index (κ1) is 32.3. The molecule has 0 amide bonds. The summed E-state index contributed by atoms with van der Waals surface area (Å²) in [4.78, 5) is 2.36. The average molecular weight is 720 g/mol. The maximum Gasteiger partial charge on any atom is 0.143 e. The molecule has 11 rings (SSSR count). The molecule has 1 aromatic heterocycles. The summed E-state index contributed by atoms with van der Waals surface area (Å²) < 4.78 is 6.42. The van der Waals surface area contributed by atoms with Gasteiger partial charge in [-0.15, -0.1) is 0 Å². The molecule has 1 heterocycles. The molecule has 0 bridgehead atoms. The Morgan fingerprint density at radius 3 is 1.86 bits per heavy atom. The summed E-state index contributed by atoms with van der Waals surface area (Å²) in [5.41, 5.74) is 14.6. The molecule has 0 radical (unpaired) electrons. The number of rotatable bonds is 5.